The van der Waals surface area contributed by atoms with Crippen LogP contribution in [0, 0.1) is 6.92 Å². The van der Waals surface area contributed by atoms with Gasteiger partial charge < -0.3 is 9.64 Å². The lowest BCUT2D eigenvalue weighted by Gasteiger charge is -2.35. The van der Waals surface area contributed by atoms with Crippen LogP contribution < -0.4 is 14.6 Å². The van der Waals surface area contributed by atoms with Crippen molar-refractivity contribution in [1.82, 2.24) is 9.88 Å². The number of hydrazone groups is 1. The Balaban J connectivity index is 1.40. The quantitative estimate of drug-likeness (QED) is 0.556. The third-order valence-corrected chi connectivity index (χ3v) is 4.85. The molecule has 0 amide bonds. The Morgan fingerprint density at radius 2 is 1.85 bits per heavy atom. The smallest absolute Gasteiger partial charge is 0.128 e. The van der Waals surface area contributed by atoms with Crippen LogP contribution in [0.4, 0.5) is 11.5 Å². The van der Waals surface area contributed by atoms with E-state index in [1.165, 1.54) is 0 Å². The molecule has 0 atom stereocenters. The first-order valence-corrected chi connectivity index (χ1v) is 9.47. The molecule has 3 rings (SSSR count). The number of benzene rings is 1. The van der Waals surface area contributed by atoms with Gasteiger partial charge in [0.15, 0.2) is 0 Å². The second-order valence-electron chi connectivity index (χ2n) is 6.77. The number of aryl methyl sites for hydroxylation is 1. The van der Waals surface area contributed by atoms with E-state index in [1.807, 2.05) is 55.5 Å². The third-order valence-electron chi connectivity index (χ3n) is 4.85. The second kappa shape index (κ2) is 9.37. The van der Waals surface area contributed by atoms with Crippen molar-refractivity contribution in [2.45, 2.75) is 13.3 Å². The van der Waals surface area contributed by atoms with Crippen LogP contribution in [-0.2, 0) is 0 Å². The minimum Gasteiger partial charge on any atom is -0.497 e. The Hall–Kier alpha value is -2.60. The summed E-state index contributed by atoms with van der Waals surface area (Å²) < 4.78 is 5.19. The van der Waals surface area contributed by atoms with Gasteiger partial charge in [0.25, 0.3) is 0 Å². The summed E-state index contributed by atoms with van der Waals surface area (Å²) in [5, 5.41) is 6.42. The molecule has 0 saturated carbocycles. The van der Waals surface area contributed by atoms with Crippen LogP contribution in [-0.4, -0.2) is 63.0 Å². The second-order valence-corrected chi connectivity index (χ2v) is 6.77. The van der Waals surface area contributed by atoms with Gasteiger partial charge in [0.1, 0.15) is 11.6 Å². The molecule has 0 aliphatic carbocycles. The molecule has 0 radical (unpaired) electrons. The normalized spacial score (nSPS) is 15.3. The van der Waals surface area contributed by atoms with Crippen LogP contribution in [0.1, 0.15) is 12.1 Å². The van der Waals surface area contributed by atoms with E-state index in [4.69, 9.17) is 4.74 Å². The zero-order valence-corrected chi connectivity index (χ0v) is 16.5. The molecule has 2 heterocycles. The van der Waals surface area contributed by atoms with Gasteiger partial charge in [-0.15, -0.1) is 0 Å². The highest BCUT2D eigenvalue weighted by molar-refractivity contribution is 5.60. The summed E-state index contributed by atoms with van der Waals surface area (Å²) in [5.74, 6) is 1.95. The zero-order chi connectivity index (χ0) is 19.1. The maximum Gasteiger partial charge on any atom is 0.128 e. The summed E-state index contributed by atoms with van der Waals surface area (Å²) in [5.41, 5.74) is 2.12. The van der Waals surface area contributed by atoms with Gasteiger partial charge in [0.05, 0.1) is 12.8 Å². The molecule has 0 unspecified atom stereocenters. The molecule has 144 valence electrons. The van der Waals surface area contributed by atoms with E-state index in [-0.39, 0.29) is 0 Å². The standard InChI is InChI=1S/C21H29N5O/c1-18-6-4-7-21(23-18)26-16-14-25(15-17-26)13-5-12-22-24(2)19-8-10-20(27-3)11-9-19/h4,6-12H,5,13-17H2,1-3H3. The van der Waals surface area contributed by atoms with Crippen LogP contribution in [0.2, 0.25) is 0 Å². The van der Waals surface area contributed by atoms with E-state index in [9.17, 15) is 0 Å². The lowest BCUT2D eigenvalue weighted by atomic mass is 10.2. The van der Waals surface area contributed by atoms with E-state index in [1.54, 1.807) is 7.11 Å². The predicted molar refractivity (Wildman–Crippen MR) is 112 cm³/mol. The van der Waals surface area contributed by atoms with Crippen LogP contribution >= 0.6 is 0 Å². The first-order valence-electron chi connectivity index (χ1n) is 9.47. The fourth-order valence-corrected chi connectivity index (χ4v) is 3.19. The largest absolute Gasteiger partial charge is 0.497 e. The maximum absolute atomic E-state index is 5.19. The van der Waals surface area contributed by atoms with Crippen LogP contribution in [0.15, 0.2) is 47.6 Å². The Morgan fingerprint density at radius 3 is 2.52 bits per heavy atom. The highest BCUT2D eigenvalue weighted by Crippen LogP contribution is 2.18. The lowest BCUT2D eigenvalue weighted by Crippen LogP contribution is -2.47. The van der Waals surface area contributed by atoms with Crippen LogP contribution in [0.3, 0.4) is 0 Å². The first kappa shape index (κ1) is 19.2. The minimum absolute atomic E-state index is 0.858. The molecule has 1 aromatic heterocycles. The molecular formula is C21H29N5O. The van der Waals surface area contributed by atoms with Gasteiger partial charge in [0.2, 0.25) is 0 Å². The number of rotatable bonds is 7. The Labute approximate surface area is 162 Å². The number of pyridine rings is 1. The van der Waals surface area contributed by atoms with Gasteiger partial charge in [0, 0.05) is 51.7 Å². The molecule has 6 heteroatoms. The molecule has 27 heavy (non-hydrogen) atoms. The number of anilines is 2. The summed E-state index contributed by atoms with van der Waals surface area (Å²) in [7, 11) is 3.64. The number of aromatic nitrogens is 1. The van der Waals surface area contributed by atoms with Crippen molar-refractivity contribution in [3.63, 3.8) is 0 Å². The predicted octanol–water partition coefficient (Wildman–Crippen LogP) is 3.03. The molecule has 0 spiro atoms. The number of ether oxygens (including phenoxy) is 1. The van der Waals surface area contributed by atoms with Gasteiger partial charge in [-0.3, -0.25) is 9.91 Å². The summed E-state index contributed by atoms with van der Waals surface area (Å²) in [6.07, 6.45) is 2.95. The Morgan fingerprint density at radius 1 is 1.11 bits per heavy atom. The molecule has 0 N–H and O–H groups in total. The molecule has 1 saturated heterocycles. The van der Waals surface area contributed by atoms with Crippen molar-refractivity contribution in [1.29, 1.82) is 0 Å². The molecule has 2 aromatic rings. The summed E-state index contributed by atoms with van der Waals surface area (Å²) in [6, 6.07) is 14.1. The van der Waals surface area contributed by atoms with Crippen molar-refractivity contribution >= 4 is 17.7 Å². The lowest BCUT2D eigenvalue weighted by molar-refractivity contribution is 0.265. The van der Waals surface area contributed by atoms with E-state index >= 15 is 0 Å². The Bertz CT molecular complexity index is 738. The SMILES string of the molecule is COc1ccc(N(C)N=CCCN2CCN(c3cccc(C)n3)CC2)cc1. The zero-order valence-electron chi connectivity index (χ0n) is 16.5. The maximum atomic E-state index is 5.19. The Kier molecular flexibility index (Phi) is 6.65. The summed E-state index contributed by atoms with van der Waals surface area (Å²) in [4.78, 5) is 9.49. The fourth-order valence-electron chi connectivity index (χ4n) is 3.19. The number of hydrogen-bond acceptors (Lipinski definition) is 6. The van der Waals surface area contributed by atoms with Gasteiger partial charge in [-0.1, -0.05) is 6.07 Å². The van der Waals surface area contributed by atoms with Crippen molar-refractivity contribution in [3.8, 4) is 5.75 Å². The highest BCUT2D eigenvalue weighted by Gasteiger charge is 2.17. The summed E-state index contributed by atoms with van der Waals surface area (Å²) >= 11 is 0. The first-order chi connectivity index (χ1) is 13.2. The van der Waals surface area contributed by atoms with E-state index in [0.29, 0.717) is 0 Å². The topological polar surface area (TPSA) is 44.2 Å². The molecular weight excluding hydrogens is 338 g/mol. The molecule has 1 aromatic carbocycles. The van der Waals surface area contributed by atoms with Gasteiger partial charge in [-0.25, -0.2) is 4.98 Å². The van der Waals surface area contributed by atoms with Gasteiger partial charge in [-0.2, -0.15) is 5.10 Å². The molecule has 1 aliphatic rings. The molecule has 1 fully saturated rings. The average Bonchev–Trinajstić information content (AvgIpc) is 2.71. The number of nitrogens with zero attached hydrogens (tertiary/aromatic N) is 5. The van der Waals surface area contributed by atoms with E-state index in [0.717, 1.165) is 62.1 Å². The van der Waals surface area contributed by atoms with Crippen molar-refractivity contribution in [2.24, 2.45) is 5.10 Å². The van der Waals surface area contributed by atoms with Crippen molar-refractivity contribution in [2.75, 3.05) is 56.8 Å². The minimum atomic E-state index is 0.858. The number of methoxy groups -OCH3 is 1. The van der Waals surface area contributed by atoms with E-state index < -0.39 is 0 Å². The molecule has 0 bridgehead atoms. The molecule has 6 nitrogen and oxygen atoms in total. The van der Waals surface area contributed by atoms with Crippen LogP contribution in [0.5, 0.6) is 5.75 Å². The monoisotopic (exact) mass is 367 g/mol. The fraction of sp³-hybridized carbons (Fsp3) is 0.429. The van der Waals surface area contributed by atoms with E-state index in [2.05, 4.69) is 32.0 Å². The highest BCUT2D eigenvalue weighted by atomic mass is 16.5. The third kappa shape index (κ3) is 5.44. The van der Waals surface area contributed by atoms with Crippen molar-refractivity contribution in [3.05, 3.63) is 48.2 Å². The average molecular weight is 367 g/mol. The van der Waals surface area contributed by atoms with Gasteiger partial charge >= 0.3 is 0 Å². The number of hydrogen-bond donors (Lipinski definition) is 0. The summed E-state index contributed by atoms with van der Waals surface area (Å²) in [6.45, 7) is 7.27. The van der Waals surface area contributed by atoms with Gasteiger partial charge in [-0.05, 0) is 49.7 Å². The van der Waals surface area contributed by atoms with Crippen molar-refractivity contribution < 1.29 is 4.74 Å². The molecule has 1 aliphatic heterocycles. The van der Waals surface area contributed by atoms with Crippen LogP contribution in [0.25, 0.3) is 0 Å². The number of piperazine rings is 1.